The van der Waals surface area contributed by atoms with E-state index in [1.165, 1.54) is 27.2 Å². The van der Waals surface area contributed by atoms with Crippen LogP contribution < -0.4 is 10.7 Å². The molecule has 24 nitrogen and oxygen atoms in total. The van der Waals surface area contributed by atoms with Gasteiger partial charge in [0.15, 0.2) is 18.7 Å². The molecular formula is C57H87N5O19. The molecular weight excluding hydrogens is 1060 g/mol. The topological polar surface area (TPSA) is 318 Å². The average molecular weight is 1150 g/mol. The molecule has 6 rings (SSSR count). The number of alkyl carbamates (subject to hydrolysis) is 1. The number of aliphatic hydroxyl groups is 4. The second-order valence-corrected chi connectivity index (χ2v) is 23.3. The van der Waals surface area contributed by atoms with Gasteiger partial charge in [-0.3, -0.25) is 9.59 Å². The van der Waals surface area contributed by atoms with Gasteiger partial charge in [-0.25, -0.2) is 9.59 Å². The molecule has 454 valence electrons. The Balaban J connectivity index is 1.18. The van der Waals surface area contributed by atoms with Gasteiger partial charge in [0.05, 0.1) is 66.5 Å². The van der Waals surface area contributed by atoms with Gasteiger partial charge in [-0.2, -0.15) is 5.26 Å². The smallest absolute Gasteiger partial charge is 0.407 e. The summed E-state index contributed by atoms with van der Waals surface area (Å²) < 4.78 is 57.6. The van der Waals surface area contributed by atoms with Gasteiger partial charge in [0.2, 0.25) is 12.0 Å². The highest BCUT2D eigenvalue weighted by molar-refractivity contribution is 5.94. The van der Waals surface area contributed by atoms with Gasteiger partial charge in [-0.05, 0) is 99.4 Å². The Labute approximate surface area is 473 Å². The average Bonchev–Trinajstić information content (AvgIpc) is 3.44. The van der Waals surface area contributed by atoms with Gasteiger partial charge in [0.25, 0.3) is 0 Å². The summed E-state index contributed by atoms with van der Waals surface area (Å²) in [5.41, 5.74) is -3.55. The monoisotopic (exact) mass is 1150 g/mol. The van der Waals surface area contributed by atoms with Crippen molar-refractivity contribution < 1.29 is 87.4 Å². The highest BCUT2D eigenvalue weighted by Crippen LogP contribution is 2.42. The lowest BCUT2D eigenvalue weighted by Gasteiger charge is -2.49. The number of likely N-dealkylation sites (N-methyl/N-ethyl adjacent to an activating group) is 1. The van der Waals surface area contributed by atoms with Crippen molar-refractivity contribution in [3.63, 3.8) is 0 Å². The first kappa shape index (κ1) is 65.3. The SMILES string of the molecule is CC[C@H]1OC(=O)[C@H](C)[C@@H](O[C@H]2C[C@@](C)(OC)[C@@H](OC(=O)NCCOCCCc3cc4c5c(c3)c(=O)c(C(=O)O)cn5COC4)[C@H](C)O2)[C@H](C)[C@@H](OC2O[C@H](C)C[C@H](N(C)C)[C@H]2O)[C@](C)(O)C[C@@H](C)/C(=N\OCC#N)[C@H](C)[C@@H](O)[C@]1(C)O. The number of carboxylic acids is 1. The number of ether oxygens (including phenoxy) is 9. The zero-order chi connectivity index (χ0) is 59.9. The zero-order valence-corrected chi connectivity index (χ0v) is 49.1. The second kappa shape index (κ2) is 27.7. The van der Waals surface area contributed by atoms with Crippen molar-refractivity contribution in [1.82, 2.24) is 14.8 Å². The number of carbonyl (C=O) groups excluding carboxylic acids is 2. The van der Waals surface area contributed by atoms with E-state index < -0.39 is 132 Å². The molecule has 1 aromatic heterocycles. The van der Waals surface area contributed by atoms with Gasteiger partial charge in [0.1, 0.15) is 41.8 Å². The number of methoxy groups -OCH3 is 1. The fourth-order valence-corrected chi connectivity index (χ4v) is 12.3. The summed E-state index contributed by atoms with van der Waals surface area (Å²) in [6.07, 6.45) is -9.11. The Morgan fingerprint density at radius 3 is 2.36 bits per heavy atom. The molecule has 1 unspecified atom stereocenters. The van der Waals surface area contributed by atoms with Crippen molar-refractivity contribution in [3.8, 4) is 6.07 Å². The van der Waals surface area contributed by atoms with E-state index in [1.54, 1.807) is 59.1 Å². The number of rotatable bonds is 18. The summed E-state index contributed by atoms with van der Waals surface area (Å²) in [5, 5.41) is 74.9. The van der Waals surface area contributed by atoms with Crippen molar-refractivity contribution in [2.45, 2.75) is 205 Å². The van der Waals surface area contributed by atoms with E-state index in [9.17, 15) is 50.0 Å². The first-order valence-corrected chi connectivity index (χ1v) is 28.0. The van der Waals surface area contributed by atoms with Crippen molar-refractivity contribution in [1.29, 1.82) is 5.26 Å². The number of aromatic nitrogens is 1. The molecule has 5 heterocycles. The highest BCUT2D eigenvalue weighted by atomic mass is 16.7. The molecule has 0 spiro atoms. The molecule has 0 bridgehead atoms. The lowest BCUT2D eigenvalue weighted by molar-refractivity contribution is -0.317. The molecule has 4 aliphatic heterocycles. The van der Waals surface area contributed by atoms with Crippen LogP contribution in [0.1, 0.15) is 123 Å². The third-order valence-electron chi connectivity index (χ3n) is 16.6. The van der Waals surface area contributed by atoms with Gasteiger partial charge < -0.3 is 87.8 Å². The molecule has 24 heteroatoms. The predicted octanol–water partition coefficient (Wildman–Crippen LogP) is 4.00. The number of carboxylic acid groups (broad SMARTS) is 1. The third kappa shape index (κ3) is 15.1. The Hall–Kier alpha value is -4.88. The standard InChI is InChI=1S/C57H87N5O19/c1-14-41-57(10,71)48(65)32(4)43(60-75-20-17-58)30(2)25-55(8,70)49(80-53-46(64)40(61(11)12)22-31(3)76-53)33(5)47(34(6)52(68)78-41)79-42-26-56(9,72-13)50(35(7)77-42)81-54(69)59-18-21-73-19-15-16-36-23-37-28-74-29-62-27-39(51(66)67)45(63)38(24-36)44(37)62/h23-24,27,30-35,40-42,46-50,53,64-65,70-71H,14-16,18-22,25-26,28-29H2,1-13H3,(H,59,69)(H,66,67)/b60-43+/t30-,31-,32+,33+,34-,35+,40+,41-,42+,46-,47+,48-,49-,50+,53?,55-,56-,57-/m1/s1. The number of benzene rings is 1. The number of amides is 1. The van der Waals surface area contributed by atoms with Gasteiger partial charge in [-0.15, -0.1) is 0 Å². The maximum atomic E-state index is 14.6. The molecule has 0 saturated carbocycles. The summed E-state index contributed by atoms with van der Waals surface area (Å²) in [7, 11) is 5.12. The minimum atomic E-state index is -2.05. The Bertz CT molecular complexity index is 2620. The molecule has 4 aliphatic rings. The second-order valence-electron chi connectivity index (χ2n) is 23.3. The number of aromatic carboxylic acids is 1. The molecule has 2 aromatic rings. The van der Waals surface area contributed by atoms with E-state index in [-0.39, 0.29) is 56.5 Å². The molecule has 0 aliphatic carbocycles. The molecule has 1 amide bonds. The molecule has 81 heavy (non-hydrogen) atoms. The number of aryl methyl sites for hydroxylation is 1. The number of esters is 1. The van der Waals surface area contributed by atoms with Gasteiger partial charge in [-0.1, -0.05) is 38.9 Å². The van der Waals surface area contributed by atoms with Crippen molar-refractivity contribution in [2.24, 2.45) is 28.8 Å². The lowest BCUT2D eigenvalue weighted by atomic mass is 9.73. The summed E-state index contributed by atoms with van der Waals surface area (Å²) in [5.74, 6) is -5.92. The number of cyclic esters (lactones) is 1. The van der Waals surface area contributed by atoms with Crippen LogP contribution in [-0.2, 0) is 72.0 Å². The number of hydrogen-bond donors (Lipinski definition) is 6. The van der Waals surface area contributed by atoms with Crippen LogP contribution in [0.25, 0.3) is 10.9 Å². The number of nitriles is 1. The third-order valence-corrected chi connectivity index (χ3v) is 16.6. The molecule has 18 atom stereocenters. The molecule has 3 saturated heterocycles. The highest BCUT2D eigenvalue weighted by Gasteiger charge is 2.54. The fourth-order valence-electron chi connectivity index (χ4n) is 12.3. The quantitative estimate of drug-likeness (QED) is 0.0698. The molecule has 3 fully saturated rings. The van der Waals surface area contributed by atoms with E-state index in [0.29, 0.717) is 43.4 Å². The summed E-state index contributed by atoms with van der Waals surface area (Å²) in [6.45, 7) is 17.1. The minimum absolute atomic E-state index is 0.0349. The van der Waals surface area contributed by atoms with Crippen LogP contribution in [0.15, 0.2) is 28.3 Å². The minimum Gasteiger partial charge on any atom is -0.477 e. The van der Waals surface area contributed by atoms with E-state index in [4.69, 9.17) is 47.5 Å². The van der Waals surface area contributed by atoms with Crippen LogP contribution in [0.2, 0.25) is 0 Å². The lowest BCUT2D eigenvalue weighted by Crippen LogP contribution is -2.61. The largest absolute Gasteiger partial charge is 0.477 e. The van der Waals surface area contributed by atoms with Gasteiger partial charge >= 0.3 is 18.0 Å². The normalized spacial score (nSPS) is 36.6. The van der Waals surface area contributed by atoms with Crippen LogP contribution in [0.3, 0.4) is 0 Å². The van der Waals surface area contributed by atoms with E-state index >= 15 is 0 Å². The van der Waals surface area contributed by atoms with Crippen molar-refractivity contribution >= 4 is 34.6 Å². The maximum absolute atomic E-state index is 14.6. The van der Waals surface area contributed by atoms with Gasteiger partial charge in [0, 0.05) is 67.6 Å². The number of nitrogens with zero attached hydrogens (tertiary/aromatic N) is 4. The van der Waals surface area contributed by atoms with E-state index in [1.807, 2.05) is 38.1 Å². The number of pyridine rings is 1. The first-order chi connectivity index (χ1) is 38.1. The predicted molar refractivity (Wildman–Crippen MR) is 292 cm³/mol. The Morgan fingerprint density at radius 2 is 1.70 bits per heavy atom. The number of aliphatic hydroxyl groups excluding tert-OH is 2. The van der Waals surface area contributed by atoms with Crippen molar-refractivity contribution in [2.75, 3.05) is 47.6 Å². The zero-order valence-electron chi connectivity index (χ0n) is 49.1. The summed E-state index contributed by atoms with van der Waals surface area (Å²) >= 11 is 0. The van der Waals surface area contributed by atoms with E-state index in [2.05, 4.69) is 10.5 Å². The van der Waals surface area contributed by atoms with Crippen LogP contribution in [0.4, 0.5) is 4.79 Å². The number of carbonyl (C=O) groups is 3. The maximum Gasteiger partial charge on any atom is 0.407 e. The summed E-state index contributed by atoms with van der Waals surface area (Å²) in [6, 6.07) is 5.14. The van der Waals surface area contributed by atoms with Crippen LogP contribution in [0.5, 0.6) is 0 Å². The van der Waals surface area contributed by atoms with Crippen LogP contribution >= 0.6 is 0 Å². The molecule has 0 radical (unpaired) electrons. The first-order valence-electron chi connectivity index (χ1n) is 28.0. The molecule has 6 N–H and O–H groups in total. The fraction of sp³-hybridized carbons (Fsp3) is 0.754. The van der Waals surface area contributed by atoms with Crippen LogP contribution in [-0.4, -0.2) is 191 Å². The van der Waals surface area contributed by atoms with E-state index in [0.717, 1.165) is 11.1 Å². The Kier molecular flexibility index (Phi) is 22.3. The summed E-state index contributed by atoms with van der Waals surface area (Å²) in [4.78, 5) is 60.1. The molecule has 1 aromatic carbocycles. The van der Waals surface area contributed by atoms with Crippen molar-refractivity contribution in [3.05, 3.63) is 45.2 Å². The van der Waals surface area contributed by atoms with Crippen LogP contribution in [0, 0.1) is 35.0 Å². The number of nitrogens with one attached hydrogen (secondary N) is 1. The number of hydrogen-bond acceptors (Lipinski definition) is 21. The number of oxime groups is 1. The Morgan fingerprint density at radius 1 is 0.988 bits per heavy atom.